The van der Waals surface area contributed by atoms with Crippen molar-refractivity contribution in [2.24, 2.45) is 5.73 Å². The van der Waals surface area contributed by atoms with E-state index in [2.05, 4.69) is 0 Å². The van der Waals surface area contributed by atoms with E-state index in [-0.39, 0.29) is 19.3 Å². The molecule has 17 heavy (non-hydrogen) atoms. The molecule has 0 aliphatic rings. The van der Waals surface area contributed by atoms with E-state index in [9.17, 15) is 5.11 Å². The lowest BCUT2D eigenvalue weighted by Crippen LogP contribution is -2.23. The van der Waals surface area contributed by atoms with Crippen LogP contribution in [0.15, 0.2) is 18.2 Å². The Morgan fingerprint density at radius 1 is 1.41 bits per heavy atom. The van der Waals surface area contributed by atoms with E-state index in [1.54, 1.807) is 18.2 Å². The summed E-state index contributed by atoms with van der Waals surface area (Å²) < 4.78 is 10.3. The average molecular weight is 260 g/mol. The molecule has 0 aliphatic carbocycles. The van der Waals surface area contributed by atoms with Gasteiger partial charge in [0.25, 0.3) is 0 Å². The van der Waals surface area contributed by atoms with E-state index in [0.29, 0.717) is 10.8 Å². The van der Waals surface area contributed by atoms with Crippen LogP contribution < -0.4 is 10.5 Å². The standard InChI is InChI=1S/C12H18ClNO3/c1-8(14)11-5-9(13)3-4-12(11)17-7-10(15)6-16-2/h3-5,8,10,15H,6-7,14H2,1-2H3/t8-,10?/m1/s1. The van der Waals surface area contributed by atoms with Crippen molar-refractivity contribution in [1.29, 1.82) is 0 Å². The maximum atomic E-state index is 9.49. The van der Waals surface area contributed by atoms with Crippen molar-refractivity contribution >= 4 is 11.6 Å². The first-order valence-electron chi connectivity index (χ1n) is 5.39. The van der Waals surface area contributed by atoms with Crippen LogP contribution in [0.2, 0.25) is 5.02 Å². The number of aliphatic hydroxyl groups is 1. The number of rotatable bonds is 6. The quantitative estimate of drug-likeness (QED) is 0.817. The van der Waals surface area contributed by atoms with Crippen molar-refractivity contribution in [3.05, 3.63) is 28.8 Å². The minimum absolute atomic E-state index is 0.162. The molecule has 2 atom stereocenters. The highest BCUT2D eigenvalue weighted by molar-refractivity contribution is 6.30. The van der Waals surface area contributed by atoms with E-state index >= 15 is 0 Å². The summed E-state index contributed by atoms with van der Waals surface area (Å²) in [6, 6.07) is 5.07. The molecule has 0 saturated heterocycles. The van der Waals surface area contributed by atoms with Crippen LogP contribution in [0.5, 0.6) is 5.75 Å². The van der Waals surface area contributed by atoms with Gasteiger partial charge >= 0.3 is 0 Å². The van der Waals surface area contributed by atoms with Gasteiger partial charge in [-0.3, -0.25) is 0 Å². The highest BCUT2D eigenvalue weighted by atomic mass is 35.5. The number of ether oxygens (including phenoxy) is 2. The summed E-state index contributed by atoms with van der Waals surface area (Å²) in [6.45, 7) is 2.25. The lowest BCUT2D eigenvalue weighted by atomic mass is 10.1. The first kappa shape index (κ1) is 14.3. The van der Waals surface area contributed by atoms with Crippen LogP contribution in [0.1, 0.15) is 18.5 Å². The molecule has 4 nitrogen and oxygen atoms in total. The first-order valence-corrected chi connectivity index (χ1v) is 5.77. The minimum Gasteiger partial charge on any atom is -0.490 e. The predicted molar refractivity (Wildman–Crippen MR) is 67.4 cm³/mol. The number of aliphatic hydroxyl groups excluding tert-OH is 1. The first-order chi connectivity index (χ1) is 8.04. The normalized spacial score (nSPS) is 14.4. The van der Waals surface area contributed by atoms with Crippen LogP contribution in [0.4, 0.5) is 0 Å². The van der Waals surface area contributed by atoms with Crippen molar-refractivity contribution in [1.82, 2.24) is 0 Å². The lowest BCUT2D eigenvalue weighted by molar-refractivity contribution is 0.0322. The van der Waals surface area contributed by atoms with Gasteiger partial charge in [0.1, 0.15) is 18.5 Å². The number of nitrogens with two attached hydrogens (primary N) is 1. The summed E-state index contributed by atoms with van der Waals surface area (Å²) in [4.78, 5) is 0. The average Bonchev–Trinajstić information content (AvgIpc) is 2.27. The Bertz CT molecular complexity index is 358. The summed E-state index contributed by atoms with van der Waals surface area (Å²) in [5, 5.41) is 10.1. The highest BCUT2D eigenvalue weighted by Crippen LogP contribution is 2.27. The van der Waals surface area contributed by atoms with E-state index in [1.807, 2.05) is 6.92 Å². The Hall–Kier alpha value is -0.810. The molecule has 96 valence electrons. The van der Waals surface area contributed by atoms with Gasteiger partial charge < -0.3 is 20.3 Å². The Kier molecular flexibility index (Phi) is 5.71. The van der Waals surface area contributed by atoms with Crippen LogP contribution in [0.3, 0.4) is 0 Å². The Labute approximate surface area is 106 Å². The van der Waals surface area contributed by atoms with Crippen molar-refractivity contribution in [2.45, 2.75) is 19.1 Å². The fraction of sp³-hybridized carbons (Fsp3) is 0.500. The molecule has 1 rings (SSSR count). The third-order valence-corrected chi connectivity index (χ3v) is 2.49. The van der Waals surface area contributed by atoms with Crippen molar-refractivity contribution in [3.63, 3.8) is 0 Å². The van der Waals surface area contributed by atoms with Crippen molar-refractivity contribution in [3.8, 4) is 5.75 Å². The van der Waals surface area contributed by atoms with Crippen LogP contribution >= 0.6 is 11.6 Å². The van der Waals surface area contributed by atoms with Gasteiger partial charge in [0.05, 0.1) is 6.61 Å². The van der Waals surface area contributed by atoms with E-state index in [4.69, 9.17) is 26.8 Å². The molecule has 0 radical (unpaired) electrons. The molecular weight excluding hydrogens is 242 g/mol. The zero-order valence-electron chi connectivity index (χ0n) is 10.0. The lowest BCUT2D eigenvalue weighted by Gasteiger charge is -2.16. The van der Waals surface area contributed by atoms with Crippen molar-refractivity contribution in [2.75, 3.05) is 20.3 Å². The number of halogens is 1. The van der Waals surface area contributed by atoms with Gasteiger partial charge in [-0.05, 0) is 25.1 Å². The summed E-state index contributed by atoms with van der Waals surface area (Å²) >= 11 is 5.89. The van der Waals surface area contributed by atoms with Gasteiger partial charge in [0.15, 0.2) is 0 Å². The summed E-state index contributed by atoms with van der Waals surface area (Å²) in [7, 11) is 1.53. The van der Waals surface area contributed by atoms with Gasteiger partial charge in [-0.15, -0.1) is 0 Å². The van der Waals surface area contributed by atoms with Gasteiger partial charge in [-0.25, -0.2) is 0 Å². The largest absolute Gasteiger partial charge is 0.490 e. The summed E-state index contributed by atoms with van der Waals surface area (Å²) in [5.74, 6) is 0.638. The zero-order valence-corrected chi connectivity index (χ0v) is 10.8. The predicted octanol–water partition coefficient (Wildman–Crippen LogP) is 1.75. The molecule has 5 heteroatoms. The third kappa shape index (κ3) is 4.52. The van der Waals surface area contributed by atoms with Gasteiger partial charge in [0.2, 0.25) is 0 Å². The second-order valence-electron chi connectivity index (χ2n) is 3.89. The number of hydrogen-bond donors (Lipinski definition) is 2. The SMILES string of the molecule is COCC(O)COc1ccc(Cl)cc1[C@@H](C)N. The van der Waals surface area contributed by atoms with Gasteiger partial charge in [-0.2, -0.15) is 0 Å². The number of hydrogen-bond acceptors (Lipinski definition) is 4. The molecule has 0 aliphatic heterocycles. The van der Waals surface area contributed by atoms with Gasteiger partial charge in [0, 0.05) is 23.7 Å². The van der Waals surface area contributed by atoms with Crippen LogP contribution in [-0.2, 0) is 4.74 Å². The molecule has 0 heterocycles. The van der Waals surface area contributed by atoms with E-state index < -0.39 is 6.10 Å². The van der Waals surface area contributed by atoms with Crippen LogP contribution in [-0.4, -0.2) is 31.5 Å². The molecule has 0 saturated carbocycles. The van der Waals surface area contributed by atoms with Crippen LogP contribution in [0, 0.1) is 0 Å². The summed E-state index contributed by atoms with van der Waals surface area (Å²) in [6.07, 6.45) is -0.656. The van der Waals surface area contributed by atoms with Gasteiger partial charge in [-0.1, -0.05) is 11.6 Å². The van der Waals surface area contributed by atoms with E-state index in [1.165, 1.54) is 7.11 Å². The zero-order chi connectivity index (χ0) is 12.8. The maximum Gasteiger partial charge on any atom is 0.124 e. The van der Waals surface area contributed by atoms with E-state index in [0.717, 1.165) is 5.56 Å². The fourth-order valence-corrected chi connectivity index (χ4v) is 1.61. The Morgan fingerprint density at radius 3 is 2.71 bits per heavy atom. The molecule has 0 spiro atoms. The molecular formula is C12H18ClNO3. The number of benzene rings is 1. The summed E-state index contributed by atoms with van der Waals surface area (Å²) in [5.41, 5.74) is 6.64. The Morgan fingerprint density at radius 2 is 2.12 bits per heavy atom. The maximum absolute atomic E-state index is 9.49. The molecule has 1 aromatic rings. The van der Waals surface area contributed by atoms with Crippen molar-refractivity contribution < 1.29 is 14.6 Å². The molecule has 0 bridgehead atoms. The molecule has 1 unspecified atom stereocenters. The monoisotopic (exact) mass is 259 g/mol. The molecule has 1 aromatic carbocycles. The molecule has 0 amide bonds. The molecule has 3 N–H and O–H groups in total. The third-order valence-electron chi connectivity index (χ3n) is 2.25. The number of methoxy groups -OCH3 is 1. The Balaban J connectivity index is 2.70. The topological polar surface area (TPSA) is 64.7 Å². The fourth-order valence-electron chi connectivity index (χ4n) is 1.43. The second kappa shape index (κ2) is 6.81. The highest BCUT2D eigenvalue weighted by Gasteiger charge is 2.11. The molecule has 0 aromatic heterocycles. The smallest absolute Gasteiger partial charge is 0.124 e. The molecule has 0 fully saturated rings. The minimum atomic E-state index is -0.656. The second-order valence-corrected chi connectivity index (χ2v) is 4.33. The van der Waals surface area contributed by atoms with Crippen LogP contribution in [0.25, 0.3) is 0 Å².